The van der Waals surface area contributed by atoms with Crippen molar-refractivity contribution in [2.45, 2.75) is 30.7 Å². The van der Waals surface area contributed by atoms with Crippen molar-refractivity contribution < 1.29 is 8.42 Å². The molecule has 0 aromatic heterocycles. The average Bonchev–Trinajstić information content (AvgIpc) is 2.27. The molecule has 1 aromatic rings. The number of alkyl halides is 1. The minimum absolute atomic E-state index is 0.0756. The van der Waals surface area contributed by atoms with Gasteiger partial charge < -0.3 is 0 Å². The summed E-state index contributed by atoms with van der Waals surface area (Å²) in [6, 6.07) is 6.73. The molecule has 0 heterocycles. The van der Waals surface area contributed by atoms with Gasteiger partial charge in [0.25, 0.3) is 0 Å². The van der Waals surface area contributed by atoms with Gasteiger partial charge in [-0.1, -0.05) is 18.2 Å². The maximum atomic E-state index is 12.2. The standard InChI is InChI=1S/C11H16ClNO2S/c1-9(2)13(3)16(14,15)11-7-5-4-6-10(11)8-12/h4-7,9H,8H2,1-3H3. The van der Waals surface area contributed by atoms with Crippen LogP contribution >= 0.6 is 11.6 Å². The number of sulfonamides is 1. The average molecular weight is 262 g/mol. The highest BCUT2D eigenvalue weighted by atomic mass is 35.5. The van der Waals surface area contributed by atoms with Gasteiger partial charge in [-0.25, -0.2) is 8.42 Å². The Bertz CT molecular complexity index is 457. The van der Waals surface area contributed by atoms with Gasteiger partial charge in [0.2, 0.25) is 10.0 Å². The van der Waals surface area contributed by atoms with Crippen molar-refractivity contribution in [3.05, 3.63) is 29.8 Å². The number of hydrogen-bond acceptors (Lipinski definition) is 2. The van der Waals surface area contributed by atoms with E-state index in [0.717, 1.165) is 0 Å². The molecular weight excluding hydrogens is 246 g/mol. The van der Waals surface area contributed by atoms with E-state index in [2.05, 4.69) is 0 Å². The van der Waals surface area contributed by atoms with Gasteiger partial charge in [0.15, 0.2) is 0 Å². The van der Waals surface area contributed by atoms with Crippen molar-refractivity contribution >= 4 is 21.6 Å². The Hall–Kier alpha value is -0.580. The molecule has 0 saturated carbocycles. The van der Waals surface area contributed by atoms with Crippen molar-refractivity contribution in [3.63, 3.8) is 0 Å². The lowest BCUT2D eigenvalue weighted by Gasteiger charge is -2.22. The van der Waals surface area contributed by atoms with Crippen LogP contribution in [0.2, 0.25) is 0 Å². The van der Waals surface area contributed by atoms with E-state index in [1.807, 2.05) is 13.8 Å². The first-order valence-electron chi connectivity index (χ1n) is 5.03. The third-order valence-corrected chi connectivity index (χ3v) is 4.92. The minimum Gasteiger partial charge on any atom is -0.207 e. The number of hydrogen-bond donors (Lipinski definition) is 0. The second kappa shape index (κ2) is 5.17. The lowest BCUT2D eigenvalue weighted by molar-refractivity contribution is 0.410. The third kappa shape index (κ3) is 2.56. The summed E-state index contributed by atoms with van der Waals surface area (Å²) < 4.78 is 25.8. The summed E-state index contributed by atoms with van der Waals surface area (Å²) in [6.07, 6.45) is 0. The predicted octanol–water partition coefficient (Wildman–Crippen LogP) is 2.45. The monoisotopic (exact) mass is 261 g/mol. The molecule has 0 aliphatic carbocycles. The first-order chi connectivity index (χ1) is 7.41. The molecule has 0 saturated heterocycles. The Morgan fingerprint density at radius 3 is 2.38 bits per heavy atom. The van der Waals surface area contributed by atoms with E-state index in [1.165, 1.54) is 4.31 Å². The highest BCUT2D eigenvalue weighted by Crippen LogP contribution is 2.21. The van der Waals surface area contributed by atoms with Gasteiger partial charge in [-0.2, -0.15) is 4.31 Å². The Morgan fingerprint density at radius 2 is 1.88 bits per heavy atom. The van der Waals surface area contributed by atoms with E-state index >= 15 is 0 Å². The van der Waals surface area contributed by atoms with Gasteiger partial charge in [-0.3, -0.25) is 0 Å². The summed E-state index contributed by atoms with van der Waals surface area (Å²) in [4.78, 5) is 0.293. The van der Waals surface area contributed by atoms with Crippen LogP contribution in [0.4, 0.5) is 0 Å². The third-order valence-electron chi connectivity index (χ3n) is 2.50. The molecule has 0 aliphatic rings. The Balaban J connectivity index is 3.27. The maximum absolute atomic E-state index is 12.2. The van der Waals surface area contributed by atoms with Crippen LogP contribution in [0.15, 0.2) is 29.2 Å². The largest absolute Gasteiger partial charge is 0.243 e. The zero-order chi connectivity index (χ0) is 12.3. The van der Waals surface area contributed by atoms with E-state index < -0.39 is 10.0 Å². The first kappa shape index (κ1) is 13.5. The van der Waals surface area contributed by atoms with Gasteiger partial charge in [-0.15, -0.1) is 11.6 Å². The highest BCUT2D eigenvalue weighted by molar-refractivity contribution is 7.89. The van der Waals surface area contributed by atoms with Crippen molar-refractivity contribution in [3.8, 4) is 0 Å². The minimum atomic E-state index is -3.43. The lowest BCUT2D eigenvalue weighted by atomic mass is 10.2. The highest BCUT2D eigenvalue weighted by Gasteiger charge is 2.24. The number of rotatable bonds is 4. The zero-order valence-corrected chi connectivity index (χ0v) is 11.2. The van der Waals surface area contributed by atoms with Crippen LogP contribution in [-0.4, -0.2) is 25.8 Å². The normalized spacial score (nSPS) is 12.4. The zero-order valence-electron chi connectivity index (χ0n) is 9.64. The molecule has 0 bridgehead atoms. The second-order valence-electron chi connectivity index (χ2n) is 3.86. The number of nitrogens with zero attached hydrogens (tertiary/aromatic N) is 1. The summed E-state index contributed by atoms with van der Waals surface area (Å²) in [5.74, 6) is 0.196. The van der Waals surface area contributed by atoms with Crippen LogP contribution in [-0.2, 0) is 15.9 Å². The molecule has 3 nitrogen and oxygen atoms in total. The molecule has 0 spiro atoms. The van der Waals surface area contributed by atoms with Gasteiger partial charge in [0, 0.05) is 19.0 Å². The molecule has 5 heteroatoms. The molecule has 0 atom stereocenters. The van der Waals surface area contributed by atoms with Gasteiger partial charge in [0.1, 0.15) is 0 Å². The van der Waals surface area contributed by atoms with E-state index in [1.54, 1.807) is 31.3 Å². The summed E-state index contributed by atoms with van der Waals surface area (Å²) in [7, 11) is -1.86. The fourth-order valence-corrected chi connectivity index (χ4v) is 3.20. The molecule has 1 aromatic carbocycles. The van der Waals surface area contributed by atoms with Crippen molar-refractivity contribution in [1.82, 2.24) is 4.31 Å². The van der Waals surface area contributed by atoms with Crippen LogP contribution in [0.3, 0.4) is 0 Å². The van der Waals surface area contributed by atoms with E-state index in [0.29, 0.717) is 10.5 Å². The molecule has 0 aliphatic heterocycles. The molecule has 90 valence electrons. The number of halogens is 1. The van der Waals surface area contributed by atoms with Gasteiger partial charge >= 0.3 is 0 Å². The Morgan fingerprint density at radius 1 is 1.31 bits per heavy atom. The fourth-order valence-electron chi connectivity index (χ4n) is 1.30. The molecule has 16 heavy (non-hydrogen) atoms. The van der Waals surface area contributed by atoms with Gasteiger partial charge in [-0.05, 0) is 25.5 Å². The molecular formula is C11H16ClNO2S. The molecule has 1 rings (SSSR count). The fraction of sp³-hybridized carbons (Fsp3) is 0.455. The topological polar surface area (TPSA) is 37.4 Å². The van der Waals surface area contributed by atoms with E-state index in [-0.39, 0.29) is 11.9 Å². The van der Waals surface area contributed by atoms with Crippen LogP contribution in [0.1, 0.15) is 19.4 Å². The SMILES string of the molecule is CC(C)N(C)S(=O)(=O)c1ccccc1CCl. The number of benzene rings is 1. The maximum Gasteiger partial charge on any atom is 0.243 e. The van der Waals surface area contributed by atoms with Crippen LogP contribution in [0.25, 0.3) is 0 Å². The van der Waals surface area contributed by atoms with Crippen molar-refractivity contribution in [2.24, 2.45) is 0 Å². The Kier molecular flexibility index (Phi) is 4.35. The summed E-state index contributed by atoms with van der Waals surface area (Å²) in [5.41, 5.74) is 0.636. The lowest BCUT2D eigenvalue weighted by Crippen LogP contribution is -2.33. The second-order valence-corrected chi connectivity index (χ2v) is 6.09. The molecule has 0 N–H and O–H groups in total. The van der Waals surface area contributed by atoms with Crippen molar-refractivity contribution in [2.75, 3.05) is 7.05 Å². The van der Waals surface area contributed by atoms with Crippen LogP contribution in [0.5, 0.6) is 0 Å². The quantitative estimate of drug-likeness (QED) is 0.781. The van der Waals surface area contributed by atoms with E-state index in [9.17, 15) is 8.42 Å². The molecule has 0 unspecified atom stereocenters. The molecule has 0 radical (unpaired) electrons. The van der Waals surface area contributed by atoms with Crippen LogP contribution in [0, 0.1) is 0 Å². The van der Waals surface area contributed by atoms with Crippen molar-refractivity contribution in [1.29, 1.82) is 0 Å². The van der Waals surface area contributed by atoms with Crippen LogP contribution < -0.4 is 0 Å². The summed E-state index contributed by atoms with van der Waals surface area (Å²) in [6.45, 7) is 3.67. The molecule has 0 fully saturated rings. The smallest absolute Gasteiger partial charge is 0.207 e. The predicted molar refractivity (Wildman–Crippen MR) is 66.1 cm³/mol. The van der Waals surface area contributed by atoms with E-state index in [4.69, 9.17) is 11.6 Å². The first-order valence-corrected chi connectivity index (χ1v) is 7.00. The summed E-state index contributed by atoms with van der Waals surface area (Å²) >= 11 is 5.74. The Labute approximate surface area is 102 Å². The van der Waals surface area contributed by atoms with Gasteiger partial charge in [0.05, 0.1) is 4.90 Å². The summed E-state index contributed by atoms with van der Waals surface area (Å²) in [5, 5.41) is 0. The molecule has 0 amide bonds.